The predicted octanol–water partition coefficient (Wildman–Crippen LogP) is 3.47. The van der Waals surface area contributed by atoms with Crippen LogP contribution in [0.3, 0.4) is 0 Å². The number of hydrogen-bond acceptors (Lipinski definition) is 3. The van der Waals surface area contributed by atoms with Crippen LogP contribution in [0.25, 0.3) is 0 Å². The topological polar surface area (TPSA) is 59.0 Å². The lowest BCUT2D eigenvalue weighted by Gasteiger charge is -2.22. The third kappa shape index (κ3) is 3.07. The summed E-state index contributed by atoms with van der Waals surface area (Å²) in [4.78, 5) is 0. The maximum absolute atomic E-state index is 8.78. The van der Waals surface area contributed by atoms with Crippen molar-refractivity contribution in [2.24, 2.45) is 5.73 Å². The second-order valence-electron chi connectivity index (χ2n) is 5.46. The van der Waals surface area contributed by atoms with Crippen molar-refractivity contribution in [2.75, 3.05) is 0 Å². The molecule has 0 radical (unpaired) electrons. The fourth-order valence-corrected chi connectivity index (χ4v) is 2.76. The summed E-state index contributed by atoms with van der Waals surface area (Å²) in [6, 6.07) is 15.9. The Labute approximate surface area is 125 Å². The van der Waals surface area contributed by atoms with E-state index in [9.17, 15) is 0 Å². The van der Waals surface area contributed by atoms with Crippen LogP contribution in [0.5, 0.6) is 5.75 Å². The monoisotopic (exact) mass is 278 g/mol. The van der Waals surface area contributed by atoms with E-state index in [1.165, 1.54) is 11.1 Å². The molecule has 0 aromatic heterocycles. The maximum Gasteiger partial charge on any atom is 0.120 e. The van der Waals surface area contributed by atoms with Gasteiger partial charge in [0.25, 0.3) is 0 Å². The van der Waals surface area contributed by atoms with Crippen molar-refractivity contribution in [3.8, 4) is 11.8 Å². The van der Waals surface area contributed by atoms with Crippen molar-refractivity contribution < 1.29 is 4.74 Å². The largest absolute Gasteiger partial charge is 0.489 e. The van der Waals surface area contributed by atoms with Gasteiger partial charge in [0, 0.05) is 6.04 Å². The van der Waals surface area contributed by atoms with Crippen LogP contribution in [-0.2, 0) is 13.0 Å². The van der Waals surface area contributed by atoms with Crippen molar-refractivity contribution in [1.82, 2.24) is 0 Å². The van der Waals surface area contributed by atoms with Gasteiger partial charge in [-0.3, -0.25) is 0 Å². The van der Waals surface area contributed by atoms with Gasteiger partial charge < -0.3 is 10.5 Å². The molecule has 1 atom stereocenters. The SMILES string of the molecule is N#Cc1ccc(COc2ccc3c(c2)CCCC3N)cc1. The smallest absolute Gasteiger partial charge is 0.120 e. The van der Waals surface area contributed by atoms with E-state index in [4.69, 9.17) is 15.7 Å². The number of rotatable bonds is 3. The quantitative estimate of drug-likeness (QED) is 0.935. The molecule has 1 aliphatic carbocycles. The van der Waals surface area contributed by atoms with E-state index in [0.29, 0.717) is 12.2 Å². The van der Waals surface area contributed by atoms with E-state index in [2.05, 4.69) is 18.2 Å². The molecule has 0 heterocycles. The molecule has 21 heavy (non-hydrogen) atoms. The zero-order valence-electron chi connectivity index (χ0n) is 11.9. The number of aryl methyl sites for hydroxylation is 1. The summed E-state index contributed by atoms with van der Waals surface area (Å²) in [5, 5.41) is 8.78. The van der Waals surface area contributed by atoms with Crippen molar-refractivity contribution in [2.45, 2.75) is 31.9 Å². The Balaban J connectivity index is 1.69. The summed E-state index contributed by atoms with van der Waals surface area (Å²) in [6.45, 7) is 0.510. The fourth-order valence-electron chi connectivity index (χ4n) is 2.76. The first-order chi connectivity index (χ1) is 10.3. The average molecular weight is 278 g/mol. The van der Waals surface area contributed by atoms with E-state index < -0.39 is 0 Å². The minimum absolute atomic E-state index is 0.168. The molecule has 0 fully saturated rings. The number of ether oxygens (including phenoxy) is 1. The van der Waals surface area contributed by atoms with Gasteiger partial charge in [-0.1, -0.05) is 18.2 Å². The summed E-state index contributed by atoms with van der Waals surface area (Å²) >= 11 is 0. The highest BCUT2D eigenvalue weighted by Crippen LogP contribution is 2.30. The molecule has 0 bridgehead atoms. The van der Waals surface area contributed by atoms with Crippen LogP contribution in [0.2, 0.25) is 0 Å². The minimum atomic E-state index is 0.168. The van der Waals surface area contributed by atoms with Crippen LogP contribution in [0, 0.1) is 11.3 Å². The average Bonchev–Trinajstić information content (AvgIpc) is 2.53. The third-order valence-corrected chi connectivity index (χ3v) is 3.96. The molecular formula is C18H18N2O. The first kappa shape index (κ1) is 13.7. The minimum Gasteiger partial charge on any atom is -0.489 e. The third-order valence-electron chi connectivity index (χ3n) is 3.96. The molecular weight excluding hydrogens is 260 g/mol. The van der Waals surface area contributed by atoms with Gasteiger partial charge in [0.05, 0.1) is 11.6 Å². The molecule has 0 amide bonds. The lowest BCUT2D eigenvalue weighted by atomic mass is 9.88. The Morgan fingerprint density at radius 1 is 1.19 bits per heavy atom. The molecule has 3 rings (SSSR count). The zero-order valence-corrected chi connectivity index (χ0v) is 11.9. The lowest BCUT2D eigenvalue weighted by Crippen LogP contribution is -2.17. The predicted molar refractivity (Wildman–Crippen MR) is 81.8 cm³/mol. The molecule has 1 unspecified atom stereocenters. The van der Waals surface area contributed by atoms with Gasteiger partial charge in [-0.2, -0.15) is 5.26 Å². The molecule has 3 heteroatoms. The van der Waals surface area contributed by atoms with Crippen LogP contribution in [0.1, 0.15) is 41.1 Å². The van der Waals surface area contributed by atoms with Crippen LogP contribution in [0.4, 0.5) is 0 Å². The molecule has 0 aliphatic heterocycles. The number of nitrogens with two attached hydrogens (primary N) is 1. The van der Waals surface area contributed by atoms with Gasteiger partial charge in [-0.15, -0.1) is 0 Å². The summed E-state index contributed by atoms with van der Waals surface area (Å²) in [5.74, 6) is 0.882. The molecule has 106 valence electrons. The summed E-state index contributed by atoms with van der Waals surface area (Å²) < 4.78 is 5.84. The Morgan fingerprint density at radius 3 is 2.76 bits per heavy atom. The van der Waals surface area contributed by atoms with Crippen LogP contribution < -0.4 is 10.5 Å². The Bertz CT molecular complexity index is 671. The van der Waals surface area contributed by atoms with Gasteiger partial charge in [0.2, 0.25) is 0 Å². The molecule has 0 saturated heterocycles. The maximum atomic E-state index is 8.78. The highest BCUT2D eigenvalue weighted by atomic mass is 16.5. The van der Waals surface area contributed by atoms with Gasteiger partial charge in [0.1, 0.15) is 12.4 Å². The molecule has 0 spiro atoms. The number of hydrogen-bond donors (Lipinski definition) is 1. The van der Waals surface area contributed by atoms with E-state index in [0.717, 1.165) is 30.6 Å². The summed E-state index contributed by atoms with van der Waals surface area (Å²) in [7, 11) is 0. The number of nitriles is 1. The van der Waals surface area contributed by atoms with Crippen molar-refractivity contribution in [1.29, 1.82) is 5.26 Å². The van der Waals surface area contributed by atoms with E-state index >= 15 is 0 Å². The summed E-state index contributed by atoms with van der Waals surface area (Å²) in [6.07, 6.45) is 3.29. The van der Waals surface area contributed by atoms with E-state index in [-0.39, 0.29) is 6.04 Å². The molecule has 3 nitrogen and oxygen atoms in total. The Hall–Kier alpha value is -2.31. The van der Waals surface area contributed by atoms with Crippen LogP contribution in [-0.4, -0.2) is 0 Å². The second-order valence-corrected chi connectivity index (χ2v) is 5.46. The molecule has 1 aliphatic rings. The fraction of sp³-hybridized carbons (Fsp3) is 0.278. The standard InChI is InChI=1S/C18H18N2O/c19-11-13-4-6-14(7-5-13)12-21-16-8-9-17-15(10-16)2-1-3-18(17)20/h4-10,18H,1-3,12,20H2. The highest BCUT2D eigenvalue weighted by molar-refractivity contribution is 5.39. The van der Waals surface area contributed by atoms with Crippen LogP contribution >= 0.6 is 0 Å². The van der Waals surface area contributed by atoms with Gasteiger partial charge in [-0.25, -0.2) is 0 Å². The van der Waals surface area contributed by atoms with Crippen molar-refractivity contribution >= 4 is 0 Å². The van der Waals surface area contributed by atoms with Gasteiger partial charge >= 0.3 is 0 Å². The number of fused-ring (bicyclic) bond motifs is 1. The van der Waals surface area contributed by atoms with Gasteiger partial charge in [0.15, 0.2) is 0 Å². The van der Waals surface area contributed by atoms with Crippen LogP contribution in [0.15, 0.2) is 42.5 Å². The molecule has 2 aromatic rings. The summed E-state index contributed by atoms with van der Waals surface area (Å²) in [5.41, 5.74) is 10.4. The van der Waals surface area contributed by atoms with Gasteiger partial charge in [-0.05, 0) is 60.2 Å². The van der Waals surface area contributed by atoms with E-state index in [1.807, 2.05) is 30.3 Å². The Morgan fingerprint density at radius 2 is 2.00 bits per heavy atom. The molecule has 0 saturated carbocycles. The first-order valence-electron chi connectivity index (χ1n) is 7.26. The normalized spacial score (nSPS) is 16.9. The first-order valence-corrected chi connectivity index (χ1v) is 7.26. The highest BCUT2D eigenvalue weighted by Gasteiger charge is 2.16. The number of nitrogens with zero attached hydrogens (tertiary/aromatic N) is 1. The Kier molecular flexibility index (Phi) is 3.89. The van der Waals surface area contributed by atoms with Crippen molar-refractivity contribution in [3.05, 3.63) is 64.7 Å². The van der Waals surface area contributed by atoms with Crippen molar-refractivity contribution in [3.63, 3.8) is 0 Å². The molecule has 2 N–H and O–H groups in total. The molecule has 2 aromatic carbocycles. The van der Waals surface area contributed by atoms with E-state index in [1.54, 1.807) is 0 Å². The number of benzene rings is 2. The second kappa shape index (κ2) is 5.99. The lowest BCUT2D eigenvalue weighted by molar-refractivity contribution is 0.305. The zero-order chi connectivity index (χ0) is 14.7.